The molecule has 1 unspecified atom stereocenters. The molecule has 6 nitrogen and oxygen atoms in total. The Bertz CT molecular complexity index is 1580. The molecule has 0 spiro atoms. The van der Waals surface area contributed by atoms with Gasteiger partial charge in [-0.1, -0.05) is 48.0 Å². The minimum Gasteiger partial charge on any atom is -0.323 e. The SMILES string of the molecule is CC(Sc1ccc(NC(=O)/C(=C/c2c(F)cccc2Cl)NC(=O)c2ccccc2)cc1)C(=O)Nc1ccccc1F. The lowest BCUT2D eigenvalue weighted by atomic mass is 10.1. The van der Waals surface area contributed by atoms with Gasteiger partial charge < -0.3 is 16.0 Å². The van der Waals surface area contributed by atoms with Crippen molar-refractivity contribution in [1.82, 2.24) is 5.32 Å². The minimum atomic E-state index is -0.702. The maximum atomic E-state index is 14.5. The average molecular weight is 592 g/mol. The number of para-hydroxylation sites is 1. The summed E-state index contributed by atoms with van der Waals surface area (Å²) in [6, 6.07) is 24.9. The Morgan fingerprint density at radius 3 is 2.15 bits per heavy atom. The highest BCUT2D eigenvalue weighted by Gasteiger charge is 2.18. The molecule has 0 fully saturated rings. The molecule has 1 atom stereocenters. The van der Waals surface area contributed by atoms with Gasteiger partial charge in [-0.05, 0) is 73.7 Å². The number of rotatable bonds is 9. The second kappa shape index (κ2) is 13.7. The van der Waals surface area contributed by atoms with Gasteiger partial charge in [0, 0.05) is 21.7 Å². The molecular weight excluding hydrogens is 568 g/mol. The van der Waals surface area contributed by atoms with Crippen molar-refractivity contribution >= 4 is 58.5 Å². The molecule has 0 aliphatic carbocycles. The smallest absolute Gasteiger partial charge is 0.272 e. The predicted octanol–water partition coefficient (Wildman–Crippen LogP) is 7.15. The Morgan fingerprint density at radius 1 is 0.805 bits per heavy atom. The third kappa shape index (κ3) is 8.03. The van der Waals surface area contributed by atoms with Crippen molar-refractivity contribution in [2.45, 2.75) is 17.1 Å². The molecule has 4 aromatic rings. The van der Waals surface area contributed by atoms with E-state index >= 15 is 0 Å². The summed E-state index contributed by atoms with van der Waals surface area (Å²) in [6.45, 7) is 1.69. The van der Waals surface area contributed by atoms with Gasteiger partial charge in [0.2, 0.25) is 5.91 Å². The number of anilines is 2. The molecule has 0 saturated carbocycles. The fourth-order valence-corrected chi connectivity index (χ4v) is 4.69. The zero-order valence-corrected chi connectivity index (χ0v) is 23.2. The van der Waals surface area contributed by atoms with Crippen molar-refractivity contribution in [1.29, 1.82) is 0 Å². The van der Waals surface area contributed by atoms with Gasteiger partial charge >= 0.3 is 0 Å². The van der Waals surface area contributed by atoms with E-state index in [0.29, 0.717) is 11.3 Å². The van der Waals surface area contributed by atoms with E-state index in [1.54, 1.807) is 67.6 Å². The van der Waals surface area contributed by atoms with E-state index in [2.05, 4.69) is 16.0 Å². The maximum Gasteiger partial charge on any atom is 0.272 e. The number of carbonyl (C=O) groups is 3. The molecule has 0 saturated heterocycles. The van der Waals surface area contributed by atoms with E-state index < -0.39 is 28.7 Å². The predicted molar refractivity (Wildman–Crippen MR) is 159 cm³/mol. The molecule has 208 valence electrons. The molecule has 0 bridgehead atoms. The Labute approximate surface area is 244 Å². The molecule has 0 heterocycles. The zero-order chi connectivity index (χ0) is 29.4. The van der Waals surface area contributed by atoms with Crippen LogP contribution in [0.4, 0.5) is 20.2 Å². The van der Waals surface area contributed by atoms with Crippen molar-refractivity contribution in [2.24, 2.45) is 0 Å². The number of benzene rings is 4. The van der Waals surface area contributed by atoms with E-state index in [9.17, 15) is 23.2 Å². The summed E-state index contributed by atoms with van der Waals surface area (Å²) in [4.78, 5) is 39.2. The number of halogens is 3. The van der Waals surface area contributed by atoms with Crippen LogP contribution < -0.4 is 16.0 Å². The highest BCUT2D eigenvalue weighted by Crippen LogP contribution is 2.27. The quantitative estimate of drug-likeness (QED) is 0.143. The molecule has 41 heavy (non-hydrogen) atoms. The highest BCUT2D eigenvalue weighted by molar-refractivity contribution is 8.00. The molecule has 3 amide bonds. The van der Waals surface area contributed by atoms with Crippen LogP contribution in [0.25, 0.3) is 6.08 Å². The topological polar surface area (TPSA) is 87.3 Å². The van der Waals surface area contributed by atoms with Gasteiger partial charge in [-0.2, -0.15) is 0 Å². The molecule has 4 aromatic carbocycles. The zero-order valence-electron chi connectivity index (χ0n) is 21.7. The van der Waals surface area contributed by atoms with Gasteiger partial charge in [-0.15, -0.1) is 11.8 Å². The van der Waals surface area contributed by atoms with E-state index in [1.807, 2.05) is 0 Å². The Kier molecular flexibility index (Phi) is 9.89. The van der Waals surface area contributed by atoms with Gasteiger partial charge in [0.05, 0.1) is 16.0 Å². The van der Waals surface area contributed by atoms with Gasteiger partial charge in [-0.25, -0.2) is 8.78 Å². The van der Waals surface area contributed by atoms with Gasteiger partial charge in [-0.3, -0.25) is 14.4 Å². The van der Waals surface area contributed by atoms with Gasteiger partial charge in [0.25, 0.3) is 11.8 Å². The fourth-order valence-electron chi connectivity index (χ4n) is 3.61. The third-order valence-electron chi connectivity index (χ3n) is 5.74. The molecule has 0 radical (unpaired) electrons. The van der Waals surface area contributed by atoms with Crippen LogP contribution in [0, 0.1) is 11.6 Å². The van der Waals surface area contributed by atoms with Crippen LogP contribution >= 0.6 is 23.4 Å². The fraction of sp³-hybridized carbons (Fsp3) is 0.0645. The van der Waals surface area contributed by atoms with Crippen molar-refractivity contribution < 1.29 is 23.2 Å². The van der Waals surface area contributed by atoms with Gasteiger partial charge in [0.15, 0.2) is 0 Å². The summed E-state index contributed by atoms with van der Waals surface area (Å²) in [5, 5.41) is 7.32. The van der Waals surface area contributed by atoms with Crippen molar-refractivity contribution in [3.63, 3.8) is 0 Å². The first-order chi connectivity index (χ1) is 19.7. The lowest BCUT2D eigenvalue weighted by Gasteiger charge is -2.14. The summed E-state index contributed by atoms with van der Waals surface area (Å²) in [5.41, 5.74) is 0.524. The molecular formula is C31H24ClF2N3O3S. The average Bonchev–Trinajstić information content (AvgIpc) is 2.97. The van der Waals surface area contributed by atoms with Crippen LogP contribution in [-0.2, 0) is 9.59 Å². The minimum absolute atomic E-state index is 0.0536. The molecule has 0 aliphatic heterocycles. The van der Waals surface area contributed by atoms with Crippen LogP contribution in [-0.4, -0.2) is 23.0 Å². The second-order valence-corrected chi connectivity index (χ2v) is 10.5. The summed E-state index contributed by atoms with van der Waals surface area (Å²) in [7, 11) is 0. The monoisotopic (exact) mass is 591 g/mol. The first kappa shape index (κ1) is 29.5. The maximum absolute atomic E-state index is 14.5. The van der Waals surface area contributed by atoms with Crippen molar-refractivity contribution in [3.8, 4) is 0 Å². The summed E-state index contributed by atoms with van der Waals surface area (Å²) in [6.07, 6.45) is 1.17. The van der Waals surface area contributed by atoms with Gasteiger partial charge in [0.1, 0.15) is 17.3 Å². The number of hydrogen-bond acceptors (Lipinski definition) is 4. The number of carbonyl (C=O) groups excluding carboxylic acids is 3. The highest BCUT2D eigenvalue weighted by atomic mass is 35.5. The van der Waals surface area contributed by atoms with E-state index in [1.165, 1.54) is 54.2 Å². The van der Waals surface area contributed by atoms with E-state index in [4.69, 9.17) is 11.6 Å². The second-order valence-electron chi connectivity index (χ2n) is 8.72. The third-order valence-corrected chi connectivity index (χ3v) is 7.18. The summed E-state index contributed by atoms with van der Waals surface area (Å²) >= 11 is 7.40. The number of hydrogen-bond donors (Lipinski definition) is 3. The van der Waals surface area contributed by atoms with Crippen molar-refractivity contribution in [3.05, 3.63) is 131 Å². The molecule has 0 aromatic heterocycles. The Balaban J connectivity index is 1.47. The van der Waals surface area contributed by atoms with Crippen molar-refractivity contribution in [2.75, 3.05) is 10.6 Å². The Hall–Kier alpha value is -4.47. The van der Waals surface area contributed by atoms with Crippen LogP contribution in [0.5, 0.6) is 0 Å². The molecule has 10 heteroatoms. The molecule has 0 aliphatic rings. The summed E-state index contributed by atoms with van der Waals surface area (Å²) in [5.74, 6) is -2.82. The lowest BCUT2D eigenvalue weighted by molar-refractivity contribution is -0.115. The van der Waals surface area contributed by atoms with Crippen LogP contribution in [0.1, 0.15) is 22.8 Å². The Morgan fingerprint density at radius 2 is 1.46 bits per heavy atom. The number of thioether (sulfide) groups is 1. The molecule has 3 N–H and O–H groups in total. The summed E-state index contributed by atoms with van der Waals surface area (Å²) < 4.78 is 28.3. The first-order valence-corrected chi connectivity index (χ1v) is 13.6. The molecule has 4 rings (SSSR count). The van der Waals surface area contributed by atoms with Crippen LogP contribution in [0.3, 0.4) is 0 Å². The normalized spacial score (nSPS) is 11.9. The van der Waals surface area contributed by atoms with Crippen LogP contribution in [0.2, 0.25) is 5.02 Å². The first-order valence-electron chi connectivity index (χ1n) is 12.4. The lowest BCUT2D eigenvalue weighted by Crippen LogP contribution is -2.30. The largest absolute Gasteiger partial charge is 0.323 e. The number of amides is 3. The van der Waals surface area contributed by atoms with E-state index in [-0.39, 0.29) is 27.9 Å². The van der Waals surface area contributed by atoms with Crippen LogP contribution in [0.15, 0.2) is 108 Å². The number of nitrogens with one attached hydrogen (secondary N) is 3. The standard InChI is InChI=1S/C31H24ClF2N3O3S/c1-19(29(38)36-27-13-6-5-11-26(27)34)41-22-16-14-21(15-17-22)35-31(40)28(18-23-24(32)10-7-12-25(23)33)37-30(39)20-8-3-2-4-9-20/h2-19H,1H3,(H,35,40)(H,36,38)(H,37,39)/b28-18-. The van der Waals surface area contributed by atoms with E-state index in [0.717, 1.165) is 4.90 Å².